The molecular formula is C16H15N5O3S. The first-order valence-corrected chi connectivity index (χ1v) is 9.23. The van der Waals surface area contributed by atoms with Crippen molar-refractivity contribution in [2.75, 3.05) is 13.1 Å². The minimum Gasteiger partial charge on any atom is -0.339 e. The number of hydrogen-bond acceptors (Lipinski definition) is 7. The van der Waals surface area contributed by atoms with Crippen molar-refractivity contribution in [2.45, 2.75) is 17.2 Å². The fraction of sp³-hybridized carbons (Fsp3) is 0.250. The standard InChI is InChI=1S/C16H15N5O3S/c22-25(23,14-2-1-6-18-10-14)21-9-5-13(11-21)16-19-15(20-24-16)12-3-7-17-8-4-12/h1-4,6-8,10,13H,5,9,11H2. The van der Waals surface area contributed by atoms with Gasteiger partial charge in [0.15, 0.2) is 0 Å². The lowest BCUT2D eigenvalue weighted by molar-refractivity contribution is 0.354. The Kier molecular flexibility index (Phi) is 4.02. The molecule has 0 saturated carbocycles. The van der Waals surface area contributed by atoms with Crippen LogP contribution in [0.3, 0.4) is 0 Å². The number of aromatic nitrogens is 4. The lowest BCUT2D eigenvalue weighted by atomic mass is 10.1. The highest BCUT2D eigenvalue weighted by molar-refractivity contribution is 7.89. The van der Waals surface area contributed by atoms with Gasteiger partial charge in [-0.15, -0.1) is 0 Å². The van der Waals surface area contributed by atoms with Gasteiger partial charge in [0, 0.05) is 43.4 Å². The van der Waals surface area contributed by atoms with E-state index in [1.165, 1.54) is 10.5 Å². The smallest absolute Gasteiger partial charge is 0.244 e. The van der Waals surface area contributed by atoms with Crippen molar-refractivity contribution in [3.8, 4) is 11.4 Å². The van der Waals surface area contributed by atoms with E-state index in [1.807, 2.05) is 0 Å². The summed E-state index contributed by atoms with van der Waals surface area (Å²) in [5.74, 6) is 0.816. The van der Waals surface area contributed by atoms with Crippen LogP contribution in [0, 0.1) is 0 Å². The third-order valence-electron chi connectivity index (χ3n) is 4.15. The zero-order valence-electron chi connectivity index (χ0n) is 13.2. The molecule has 1 saturated heterocycles. The maximum Gasteiger partial charge on any atom is 0.244 e. The van der Waals surface area contributed by atoms with Crippen LogP contribution >= 0.6 is 0 Å². The Labute approximate surface area is 144 Å². The maximum absolute atomic E-state index is 12.7. The second-order valence-corrected chi connectivity index (χ2v) is 7.67. The van der Waals surface area contributed by atoms with E-state index in [-0.39, 0.29) is 10.8 Å². The predicted molar refractivity (Wildman–Crippen MR) is 87.9 cm³/mol. The summed E-state index contributed by atoms with van der Waals surface area (Å²) in [4.78, 5) is 12.4. The minimum absolute atomic E-state index is 0.116. The molecule has 3 aromatic rings. The molecule has 1 unspecified atom stereocenters. The first kappa shape index (κ1) is 15.9. The molecule has 0 amide bonds. The SMILES string of the molecule is O=S(=O)(c1cccnc1)N1CCC(c2nc(-c3ccncc3)no2)C1. The predicted octanol–water partition coefficient (Wildman–Crippen LogP) is 1.70. The Morgan fingerprint density at radius 1 is 1.12 bits per heavy atom. The summed E-state index contributed by atoms with van der Waals surface area (Å²) in [6.07, 6.45) is 6.85. The molecule has 9 heteroatoms. The van der Waals surface area contributed by atoms with Crippen LogP contribution in [-0.4, -0.2) is 45.9 Å². The maximum atomic E-state index is 12.7. The van der Waals surface area contributed by atoms with Gasteiger partial charge in [0.05, 0.1) is 5.92 Å². The molecule has 4 rings (SSSR count). The summed E-state index contributed by atoms with van der Waals surface area (Å²) in [6, 6.07) is 6.74. The van der Waals surface area contributed by atoms with Crippen molar-refractivity contribution in [2.24, 2.45) is 0 Å². The van der Waals surface area contributed by atoms with Crippen molar-refractivity contribution in [1.82, 2.24) is 24.4 Å². The number of sulfonamides is 1. The van der Waals surface area contributed by atoms with Crippen LogP contribution in [0.1, 0.15) is 18.2 Å². The first-order valence-electron chi connectivity index (χ1n) is 7.79. The van der Waals surface area contributed by atoms with Crippen molar-refractivity contribution in [3.63, 3.8) is 0 Å². The molecule has 3 aromatic heterocycles. The van der Waals surface area contributed by atoms with E-state index >= 15 is 0 Å². The third-order valence-corrected chi connectivity index (χ3v) is 6.00. The van der Waals surface area contributed by atoms with Crippen LogP contribution < -0.4 is 0 Å². The van der Waals surface area contributed by atoms with E-state index < -0.39 is 10.0 Å². The van der Waals surface area contributed by atoms with Gasteiger partial charge in [-0.05, 0) is 30.7 Å². The van der Waals surface area contributed by atoms with Gasteiger partial charge in [0.25, 0.3) is 0 Å². The molecule has 0 N–H and O–H groups in total. The molecule has 1 fully saturated rings. The molecule has 0 aromatic carbocycles. The Balaban J connectivity index is 1.53. The number of nitrogens with zero attached hydrogens (tertiary/aromatic N) is 5. The number of rotatable bonds is 4. The van der Waals surface area contributed by atoms with E-state index in [0.29, 0.717) is 31.2 Å². The molecule has 25 heavy (non-hydrogen) atoms. The number of hydrogen-bond donors (Lipinski definition) is 0. The van der Waals surface area contributed by atoms with Gasteiger partial charge >= 0.3 is 0 Å². The van der Waals surface area contributed by atoms with E-state index in [0.717, 1.165) is 5.56 Å². The van der Waals surface area contributed by atoms with Crippen molar-refractivity contribution in [3.05, 3.63) is 54.9 Å². The van der Waals surface area contributed by atoms with Crippen LogP contribution in [0.15, 0.2) is 58.5 Å². The van der Waals surface area contributed by atoms with Crippen molar-refractivity contribution >= 4 is 10.0 Å². The second-order valence-electron chi connectivity index (χ2n) is 5.73. The largest absolute Gasteiger partial charge is 0.339 e. The topological polar surface area (TPSA) is 102 Å². The van der Waals surface area contributed by atoms with Crippen LogP contribution in [-0.2, 0) is 10.0 Å². The minimum atomic E-state index is -3.55. The van der Waals surface area contributed by atoms with E-state index in [9.17, 15) is 8.42 Å². The second kappa shape index (κ2) is 6.34. The summed E-state index contributed by atoms with van der Waals surface area (Å²) in [5, 5.41) is 3.98. The van der Waals surface area contributed by atoms with E-state index in [2.05, 4.69) is 20.1 Å². The molecule has 1 aliphatic rings. The zero-order valence-corrected chi connectivity index (χ0v) is 14.0. The fourth-order valence-corrected chi connectivity index (χ4v) is 4.28. The monoisotopic (exact) mass is 357 g/mol. The van der Waals surface area contributed by atoms with Crippen LogP contribution in [0.2, 0.25) is 0 Å². The van der Waals surface area contributed by atoms with Crippen LogP contribution in [0.5, 0.6) is 0 Å². The molecule has 0 radical (unpaired) electrons. The first-order chi connectivity index (χ1) is 12.1. The molecule has 0 aliphatic carbocycles. The lowest BCUT2D eigenvalue weighted by Crippen LogP contribution is -2.28. The van der Waals surface area contributed by atoms with Gasteiger partial charge in [0.1, 0.15) is 4.90 Å². The average Bonchev–Trinajstić information content (AvgIpc) is 3.33. The highest BCUT2D eigenvalue weighted by atomic mass is 32.2. The lowest BCUT2D eigenvalue weighted by Gasteiger charge is -2.15. The van der Waals surface area contributed by atoms with E-state index in [1.54, 1.807) is 42.9 Å². The quantitative estimate of drug-likeness (QED) is 0.700. The van der Waals surface area contributed by atoms with Crippen molar-refractivity contribution in [1.29, 1.82) is 0 Å². The normalized spacial score (nSPS) is 18.5. The van der Waals surface area contributed by atoms with Gasteiger partial charge in [0.2, 0.25) is 21.7 Å². The molecule has 1 aliphatic heterocycles. The van der Waals surface area contributed by atoms with Crippen LogP contribution in [0.25, 0.3) is 11.4 Å². The Bertz CT molecular complexity index is 960. The van der Waals surface area contributed by atoms with Gasteiger partial charge < -0.3 is 4.52 Å². The third kappa shape index (κ3) is 3.03. The number of pyridine rings is 2. The molecular weight excluding hydrogens is 342 g/mol. The van der Waals surface area contributed by atoms with Gasteiger partial charge in [-0.3, -0.25) is 9.97 Å². The molecule has 0 spiro atoms. The zero-order chi connectivity index (χ0) is 17.3. The molecule has 128 valence electrons. The fourth-order valence-electron chi connectivity index (χ4n) is 2.82. The Hall–Kier alpha value is -2.65. The van der Waals surface area contributed by atoms with Crippen LogP contribution in [0.4, 0.5) is 0 Å². The molecule has 0 bridgehead atoms. The highest BCUT2D eigenvalue weighted by Crippen LogP contribution is 2.31. The van der Waals surface area contributed by atoms with E-state index in [4.69, 9.17) is 4.52 Å². The summed E-state index contributed by atoms with van der Waals surface area (Å²) in [5.41, 5.74) is 0.808. The molecule has 4 heterocycles. The average molecular weight is 357 g/mol. The Morgan fingerprint density at radius 2 is 1.96 bits per heavy atom. The van der Waals surface area contributed by atoms with Crippen molar-refractivity contribution < 1.29 is 12.9 Å². The molecule has 8 nitrogen and oxygen atoms in total. The van der Waals surface area contributed by atoms with Gasteiger partial charge in [-0.25, -0.2) is 8.42 Å². The summed E-state index contributed by atoms with van der Waals surface area (Å²) >= 11 is 0. The summed E-state index contributed by atoms with van der Waals surface area (Å²) < 4.78 is 32.1. The van der Waals surface area contributed by atoms with Gasteiger partial charge in [-0.2, -0.15) is 9.29 Å². The highest BCUT2D eigenvalue weighted by Gasteiger charge is 2.36. The molecule has 1 atom stereocenters. The summed E-state index contributed by atoms with van der Waals surface area (Å²) in [7, 11) is -3.55. The van der Waals surface area contributed by atoms with Gasteiger partial charge in [-0.1, -0.05) is 5.16 Å². The Morgan fingerprint density at radius 3 is 2.72 bits per heavy atom. The summed E-state index contributed by atoms with van der Waals surface area (Å²) in [6.45, 7) is 0.726.